The van der Waals surface area contributed by atoms with Crippen LogP contribution < -0.4 is 10.2 Å². The van der Waals surface area contributed by atoms with Gasteiger partial charge in [-0.05, 0) is 36.6 Å². The van der Waals surface area contributed by atoms with Gasteiger partial charge >= 0.3 is 12.1 Å². The van der Waals surface area contributed by atoms with Gasteiger partial charge in [0, 0.05) is 18.8 Å². The average Bonchev–Trinajstić information content (AvgIpc) is 2.85. The van der Waals surface area contributed by atoms with Gasteiger partial charge in [-0.3, -0.25) is 4.90 Å². The van der Waals surface area contributed by atoms with Gasteiger partial charge in [0.25, 0.3) is 0 Å². The van der Waals surface area contributed by atoms with Crippen molar-refractivity contribution in [1.29, 1.82) is 0 Å². The zero-order valence-corrected chi connectivity index (χ0v) is 14.2. The van der Waals surface area contributed by atoms with Crippen molar-refractivity contribution >= 4 is 23.5 Å². The second-order valence-electron chi connectivity index (χ2n) is 6.17. The molecule has 0 aliphatic carbocycles. The van der Waals surface area contributed by atoms with E-state index in [4.69, 9.17) is 9.47 Å². The predicted octanol–water partition coefficient (Wildman–Crippen LogP) is 1.43. The number of hydrogen-bond acceptors (Lipinski definition) is 5. The highest BCUT2D eigenvalue weighted by Crippen LogP contribution is 2.30. The minimum absolute atomic E-state index is 0.242. The molecule has 1 atom stereocenters. The number of hydrogen-bond donors (Lipinski definition) is 2. The Hall–Kier alpha value is -2.32. The molecule has 3 rings (SSSR count). The van der Waals surface area contributed by atoms with Crippen LogP contribution in [0.2, 0.25) is 0 Å². The SMILES string of the molecule is COC(=O)N1CCCc2cc(NC(=O)N3CCOC[C@@H](O)C3)ccc21. The molecule has 8 heteroatoms. The Bertz CT molecular complexity index is 651. The summed E-state index contributed by atoms with van der Waals surface area (Å²) in [6, 6.07) is 5.20. The fraction of sp³-hybridized carbons (Fsp3) is 0.529. The lowest BCUT2D eigenvalue weighted by Crippen LogP contribution is -2.40. The highest BCUT2D eigenvalue weighted by molar-refractivity contribution is 5.92. The van der Waals surface area contributed by atoms with Crippen molar-refractivity contribution in [1.82, 2.24) is 4.90 Å². The zero-order valence-electron chi connectivity index (χ0n) is 14.2. The quantitative estimate of drug-likeness (QED) is 0.800. The minimum atomic E-state index is -0.676. The number of aliphatic hydroxyl groups excluding tert-OH is 1. The van der Waals surface area contributed by atoms with Crippen LogP contribution in [0.5, 0.6) is 0 Å². The topological polar surface area (TPSA) is 91.3 Å². The summed E-state index contributed by atoms with van der Waals surface area (Å²) in [6.07, 6.45) is 0.625. The fourth-order valence-electron chi connectivity index (χ4n) is 3.15. The number of rotatable bonds is 1. The minimum Gasteiger partial charge on any atom is -0.452 e. The van der Waals surface area contributed by atoms with E-state index in [2.05, 4.69) is 5.32 Å². The maximum absolute atomic E-state index is 12.4. The molecule has 8 nitrogen and oxygen atoms in total. The lowest BCUT2D eigenvalue weighted by Gasteiger charge is -2.29. The monoisotopic (exact) mass is 349 g/mol. The third-order valence-electron chi connectivity index (χ3n) is 4.38. The summed E-state index contributed by atoms with van der Waals surface area (Å²) in [4.78, 5) is 27.4. The summed E-state index contributed by atoms with van der Waals surface area (Å²) in [5, 5.41) is 12.6. The van der Waals surface area contributed by atoms with Crippen molar-refractivity contribution in [3.05, 3.63) is 23.8 Å². The van der Waals surface area contributed by atoms with Gasteiger partial charge in [-0.15, -0.1) is 0 Å². The van der Waals surface area contributed by atoms with Gasteiger partial charge in [-0.2, -0.15) is 0 Å². The van der Waals surface area contributed by atoms with Crippen LogP contribution in [-0.4, -0.2) is 68.2 Å². The van der Waals surface area contributed by atoms with Gasteiger partial charge in [0.15, 0.2) is 0 Å². The molecular weight excluding hydrogens is 326 g/mol. The third kappa shape index (κ3) is 4.02. The number of amides is 3. The number of nitrogens with one attached hydrogen (secondary N) is 1. The summed E-state index contributed by atoms with van der Waals surface area (Å²) in [5.74, 6) is 0. The number of aliphatic hydroxyl groups is 1. The molecule has 0 aromatic heterocycles. The summed E-state index contributed by atoms with van der Waals surface area (Å²) in [7, 11) is 1.37. The van der Waals surface area contributed by atoms with Gasteiger partial charge in [0.1, 0.15) is 0 Å². The summed E-state index contributed by atoms with van der Waals surface area (Å²) >= 11 is 0. The molecule has 136 valence electrons. The van der Waals surface area contributed by atoms with Crippen molar-refractivity contribution in [2.75, 3.05) is 50.2 Å². The molecule has 1 aromatic rings. The molecule has 1 aromatic carbocycles. The van der Waals surface area contributed by atoms with Crippen molar-refractivity contribution in [3.8, 4) is 0 Å². The van der Waals surface area contributed by atoms with Crippen LogP contribution in [0.4, 0.5) is 21.0 Å². The van der Waals surface area contributed by atoms with Crippen LogP contribution in [0.1, 0.15) is 12.0 Å². The van der Waals surface area contributed by atoms with E-state index in [1.807, 2.05) is 12.1 Å². The molecule has 2 aliphatic rings. The van der Waals surface area contributed by atoms with E-state index in [1.165, 1.54) is 12.0 Å². The van der Waals surface area contributed by atoms with Crippen LogP contribution in [0, 0.1) is 0 Å². The molecule has 0 unspecified atom stereocenters. The maximum atomic E-state index is 12.4. The molecule has 3 amide bonds. The number of carbonyl (C=O) groups is 2. The first-order valence-electron chi connectivity index (χ1n) is 8.38. The van der Waals surface area contributed by atoms with Gasteiger partial charge in [0.05, 0.1) is 38.7 Å². The average molecular weight is 349 g/mol. The summed E-state index contributed by atoms with van der Waals surface area (Å²) in [6.45, 7) is 1.95. The molecule has 25 heavy (non-hydrogen) atoms. The Labute approximate surface area is 146 Å². The van der Waals surface area contributed by atoms with Gasteiger partial charge in [0.2, 0.25) is 0 Å². The lowest BCUT2D eigenvalue weighted by molar-refractivity contribution is 0.0575. The van der Waals surface area contributed by atoms with E-state index in [0.717, 1.165) is 24.1 Å². The number of fused-ring (bicyclic) bond motifs is 1. The van der Waals surface area contributed by atoms with Crippen LogP contribution in [0.3, 0.4) is 0 Å². The number of methoxy groups -OCH3 is 1. The normalized spacial score (nSPS) is 20.5. The van der Waals surface area contributed by atoms with E-state index >= 15 is 0 Å². The van der Waals surface area contributed by atoms with E-state index in [0.29, 0.717) is 25.4 Å². The van der Waals surface area contributed by atoms with Crippen molar-refractivity contribution in [2.45, 2.75) is 18.9 Å². The lowest BCUT2D eigenvalue weighted by atomic mass is 10.0. The van der Waals surface area contributed by atoms with Gasteiger partial charge in [-0.1, -0.05) is 0 Å². The second kappa shape index (κ2) is 7.71. The third-order valence-corrected chi connectivity index (χ3v) is 4.38. The molecule has 0 radical (unpaired) electrons. The Morgan fingerprint density at radius 3 is 3.00 bits per heavy atom. The van der Waals surface area contributed by atoms with E-state index in [9.17, 15) is 14.7 Å². The van der Waals surface area contributed by atoms with Gasteiger partial charge in [-0.25, -0.2) is 9.59 Å². The van der Waals surface area contributed by atoms with Crippen LogP contribution >= 0.6 is 0 Å². The van der Waals surface area contributed by atoms with Crippen LogP contribution in [0.25, 0.3) is 0 Å². The number of urea groups is 1. The van der Waals surface area contributed by atoms with Crippen molar-refractivity contribution in [2.24, 2.45) is 0 Å². The number of nitrogens with zero attached hydrogens (tertiary/aromatic N) is 2. The molecule has 2 N–H and O–H groups in total. The van der Waals surface area contributed by atoms with E-state index in [-0.39, 0.29) is 25.3 Å². The predicted molar refractivity (Wildman–Crippen MR) is 91.9 cm³/mol. The Balaban J connectivity index is 1.71. The first-order valence-corrected chi connectivity index (χ1v) is 8.38. The summed E-state index contributed by atoms with van der Waals surface area (Å²) in [5.41, 5.74) is 2.47. The Morgan fingerprint density at radius 1 is 1.36 bits per heavy atom. The number of benzene rings is 1. The highest BCUT2D eigenvalue weighted by Gasteiger charge is 2.24. The smallest absolute Gasteiger partial charge is 0.414 e. The molecular formula is C17H23N3O5. The van der Waals surface area contributed by atoms with Crippen LogP contribution in [-0.2, 0) is 15.9 Å². The number of aryl methyl sites for hydroxylation is 1. The first-order chi connectivity index (χ1) is 12.1. The molecule has 1 saturated heterocycles. The highest BCUT2D eigenvalue weighted by atomic mass is 16.5. The molecule has 2 heterocycles. The zero-order chi connectivity index (χ0) is 17.8. The number of carbonyl (C=O) groups excluding carboxylic acids is 2. The molecule has 0 saturated carbocycles. The molecule has 0 bridgehead atoms. The van der Waals surface area contributed by atoms with Crippen molar-refractivity contribution in [3.63, 3.8) is 0 Å². The second-order valence-corrected chi connectivity index (χ2v) is 6.17. The molecule has 1 fully saturated rings. The first kappa shape index (κ1) is 17.5. The molecule has 0 spiro atoms. The summed E-state index contributed by atoms with van der Waals surface area (Å²) < 4.78 is 10.1. The van der Waals surface area contributed by atoms with E-state index in [1.54, 1.807) is 11.0 Å². The maximum Gasteiger partial charge on any atom is 0.414 e. The number of β-amino-alcohol motifs (C(OH)–C–C–N with tert-alkyl or cyclic N) is 1. The largest absolute Gasteiger partial charge is 0.452 e. The van der Waals surface area contributed by atoms with Crippen molar-refractivity contribution < 1.29 is 24.2 Å². The van der Waals surface area contributed by atoms with Gasteiger partial charge < -0.3 is 24.8 Å². The Morgan fingerprint density at radius 2 is 2.20 bits per heavy atom. The standard InChI is InChI=1S/C17H23N3O5/c1-24-17(23)20-6-2-3-12-9-13(4-5-15(12)20)18-16(22)19-7-8-25-11-14(21)10-19/h4-5,9,14,21H,2-3,6-8,10-11H2,1H3,(H,18,22)/t14-/m0/s1. The van der Waals surface area contributed by atoms with E-state index < -0.39 is 6.10 Å². The Kier molecular flexibility index (Phi) is 5.40. The fourth-order valence-corrected chi connectivity index (χ4v) is 3.15. The number of ether oxygens (including phenoxy) is 2. The number of anilines is 2. The van der Waals surface area contributed by atoms with Crippen LogP contribution in [0.15, 0.2) is 18.2 Å². The molecule has 2 aliphatic heterocycles.